The highest BCUT2D eigenvalue weighted by Crippen LogP contribution is 2.07. The first kappa shape index (κ1) is 8.32. The Morgan fingerprint density at radius 1 is 1.75 bits per heavy atom. The molecule has 0 saturated carbocycles. The van der Waals surface area contributed by atoms with E-state index in [-0.39, 0.29) is 11.5 Å². The maximum absolute atomic E-state index is 11.2. The van der Waals surface area contributed by atoms with Gasteiger partial charge in [0.25, 0.3) is 5.56 Å². The fourth-order valence-electron chi connectivity index (χ4n) is 0.880. The highest BCUT2D eigenvalue weighted by Gasteiger charge is 2.04. The first-order valence-electron chi connectivity index (χ1n) is 3.39. The van der Waals surface area contributed by atoms with E-state index in [1.165, 1.54) is 6.08 Å². The van der Waals surface area contributed by atoms with Crippen molar-refractivity contribution in [3.63, 3.8) is 0 Å². The van der Waals surface area contributed by atoms with Crippen molar-refractivity contribution in [3.05, 3.63) is 22.5 Å². The van der Waals surface area contributed by atoms with Crippen molar-refractivity contribution < 1.29 is 0 Å². The molecular formula is C7H10N4O. The number of H-pyrrole nitrogens is 1. The summed E-state index contributed by atoms with van der Waals surface area (Å²) < 4.78 is 0. The van der Waals surface area contributed by atoms with Gasteiger partial charge >= 0.3 is 0 Å². The maximum Gasteiger partial charge on any atom is 0.261 e. The third-order valence-corrected chi connectivity index (χ3v) is 1.41. The first-order valence-corrected chi connectivity index (χ1v) is 3.39. The van der Waals surface area contributed by atoms with Crippen molar-refractivity contribution in [3.8, 4) is 0 Å². The first-order chi connectivity index (χ1) is 5.69. The van der Waals surface area contributed by atoms with Gasteiger partial charge in [-0.15, -0.1) is 0 Å². The highest BCUT2D eigenvalue weighted by atomic mass is 16.1. The van der Waals surface area contributed by atoms with E-state index in [2.05, 4.69) is 21.9 Å². The monoisotopic (exact) mass is 166 g/mol. The van der Waals surface area contributed by atoms with Gasteiger partial charge in [-0.1, -0.05) is 12.7 Å². The summed E-state index contributed by atoms with van der Waals surface area (Å²) in [4.78, 5) is 17.4. The number of nitrogen functional groups attached to an aromatic ring is 1. The second kappa shape index (κ2) is 3.08. The molecule has 1 aromatic rings. The van der Waals surface area contributed by atoms with Crippen LogP contribution in [0.1, 0.15) is 5.56 Å². The lowest BCUT2D eigenvalue weighted by Gasteiger charge is -2.02. The van der Waals surface area contributed by atoms with Crippen LogP contribution in [0.5, 0.6) is 0 Å². The molecule has 1 heterocycles. The van der Waals surface area contributed by atoms with E-state index in [1.807, 2.05) is 0 Å². The minimum Gasteiger partial charge on any atom is -0.372 e. The molecule has 64 valence electrons. The van der Waals surface area contributed by atoms with E-state index in [0.29, 0.717) is 11.4 Å². The van der Waals surface area contributed by atoms with Gasteiger partial charge in [-0.05, 0) is 0 Å². The molecule has 0 aliphatic heterocycles. The number of hydrogen-bond acceptors (Lipinski definition) is 4. The summed E-state index contributed by atoms with van der Waals surface area (Å²) in [5.41, 5.74) is 5.42. The van der Waals surface area contributed by atoms with Gasteiger partial charge in [0.1, 0.15) is 5.82 Å². The van der Waals surface area contributed by atoms with Gasteiger partial charge < -0.3 is 11.1 Å². The third-order valence-electron chi connectivity index (χ3n) is 1.41. The molecule has 5 nitrogen and oxygen atoms in total. The van der Waals surface area contributed by atoms with Crippen molar-refractivity contribution >= 4 is 17.8 Å². The molecule has 0 atom stereocenters. The van der Waals surface area contributed by atoms with Crippen LogP contribution in [0.4, 0.5) is 11.8 Å². The summed E-state index contributed by atoms with van der Waals surface area (Å²) in [7, 11) is 1.66. The number of rotatable bonds is 2. The Kier molecular flexibility index (Phi) is 2.14. The summed E-state index contributed by atoms with van der Waals surface area (Å²) in [6.45, 7) is 3.49. The molecule has 0 aromatic carbocycles. The summed E-state index contributed by atoms with van der Waals surface area (Å²) in [6, 6.07) is 0. The minimum atomic E-state index is -0.290. The Morgan fingerprint density at radius 2 is 2.42 bits per heavy atom. The van der Waals surface area contributed by atoms with Crippen LogP contribution in [0.15, 0.2) is 11.4 Å². The van der Waals surface area contributed by atoms with Crippen molar-refractivity contribution in [1.29, 1.82) is 0 Å². The van der Waals surface area contributed by atoms with Crippen LogP contribution in [0.3, 0.4) is 0 Å². The predicted molar refractivity (Wildman–Crippen MR) is 48.9 cm³/mol. The Hall–Kier alpha value is -1.78. The van der Waals surface area contributed by atoms with Crippen molar-refractivity contribution in [2.75, 3.05) is 18.1 Å². The topological polar surface area (TPSA) is 83.8 Å². The van der Waals surface area contributed by atoms with Gasteiger partial charge in [-0.3, -0.25) is 9.78 Å². The summed E-state index contributed by atoms with van der Waals surface area (Å²) >= 11 is 0. The number of nitrogens with two attached hydrogens (primary N) is 1. The van der Waals surface area contributed by atoms with Gasteiger partial charge in [-0.2, -0.15) is 4.98 Å². The third kappa shape index (κ3) is 1.29. The molecule has 0 bridgehead atoms. The molecular weight excluding hydrogens is 156 g/mol. The Balaban J connectivity index is 3.44. The Bertz CT molecular complexity index is 355. The van der Waals surface area contributed by atoms with E-state index in [9.17, 15) is 4.79 Å². The zero-order chi connectivity index (χ0) is 9.14. The molecule has 0 radical (unpaired) electrons. The average Bonchev–Trinajstić information content (AvgIpc) is 2.03. The van der Waals surface area contributed by atoms with Gasteiger partial charge in [0.15, 0.2) is 0 Å². The normalized spacial score (nSPS) is 9.42. The van der Waals surface area contributed by atoms with Crippen LogP contribution in [-0.2, 0) is 0 Å². The molecule has 0 saturated heterocycles. The van der Waals surface area contributed by atoms with Crippen LogP contribution < -0.4 is 16.6 Å². The molecule has 1 rings (SSSR count). The molecule has 0 unspecified atom stereocenters. The summed E-state index contributed by atoms with van der Waals surface area (Å²) in [5.74, 6) is 0.529. The SMILES string of the molecule is C=Cc1c(NC)nc(N)[nH]c1=O. The maximum atomic E-state index is 11.2. The smallest absolute Gasteiger partial charge is 0.261 e. The van der Waals surface area contributed by atoms with E-state index in [1.54, 1.807) is 7.05 Å². The fraction of sp³-hybridized carbons (Fsp3) is 0.143. The summed E-state index contributed by atoms with van der Waals surface area (Å²) in [5, 5.41) is 2.75. The van der Waals surface area contributed by atoms with Crippen LogP contribution in [-0.4, -0.2) is 17.0 Å². The number of hydrogen-bond donors (Lipinski definition) is 3. The van der Waals surface area contributed by atoms with Crippen molar-refractivity contribution in [2.24, 2.45) is 0 Å². The van der Waals surface area contributed by atoms with E-state index >= 15 is 0 Å². The molecule has 12 heavy (non-hydrogen) atoms. The van der Waals surface area contributed by atoms with Crippen molar-refractivity contribution in [1.82, 2.24) is 9.97 Å². The molecule has 0 spiro atoms. The van der Waals surface area contributed by atoms with Gasteiger partial charge in [0, 0.05) is 7.05 Å². The standard InChI is InChI=1S/C7H10N4O/c1-3-4-5(9-2)10-7(8)11-6(4)12/h3H,1H2,2H3,(H4,8,9,10,11,12). The highest BCUT2D eigenvalue weighted by molar-refractivity contribution is 5.61. The number of nitrogens with zero attached hydrogens (tertiary/aromatic N) is 1. The number of aromatic amines is 1. The molecule has 5 heteroatoms. The van der Waals surface area contributed by atoms with E-state index in [4.69, 9.17) is 5.73 Å². The summed E-state index contributed by atoms with van der Waals surface area (Å²) in [6.07, 6.45) is 1.43. The molecule has 0 amide bonds. The van der Waals surface area contributed by atoms with Crippen molar-refractivity contribution in [2.45, 2.75) is 0 Å². The minimum absolute atomic E-state index is 0.0925. The predicted octanol–water partition coefficient (Wildman–Crippen LogP) is 0.0368. The molecule has 4 N–H and O–H groups in total. The quantitative estimate of drug-likeness (QED) is 0.579. The molecule has 0 aliphatic carbocycles. The van der Waals surface area contributed by atoms with Crippen LogP contribution in [0, 0.1) is 0 Å². The Morgan fingerprint density at radius 3 is 2.92 bits per heavy atom. The lowest BCUT2D eigenvalue weighted by molar-refractivity contribution is 1.12. The van der Waals surface area contributed by atoms with Gasteiger partial charge in [0.2, 0.25) is 5.95 Å². The second-order valence-electron chi connectivity index (χ2n) is 2.17. The number of nitrogens with one attached hydrogen (secondary N) is 2. The van der Waals surface area contributed by atoms with E-state index in [0.717, 1.165) is 0 Å². The fourth-order valence-corrected chi connectivity index (χ4v) is 0.880. The lowest BCUT2D eigenvalue weighted by Crippen LogP contribution is -2.16. The van der Waals surface area contributed by atoms with E-state index < -0.39 is 0 Å². The number of aromatic nitrogens is 2. The van der Waals surface area contributed by atoms with Gasteiger partial charge in [-0.25, -0.2) is 0 Å². The second-order valence-corrected chi connectivity index (χ2v) is 2.17. The Labute approximate surface area is 69.3 Å². The van der Waals surface area contributed by atoms with Crippen LogP contribution in [0.25, 0.3) is 6.08 Å². The van der Waals surface area contributed by atoms with Gasteiger partial charge in [0.05, 0.1) is 5.56 Å². The lowest BCUT2D eigenvalue weighted by atomic mass is 10.3. The molecule has 1 aromatic heterocycles. The zero-order valence-electron chi connectivity index (χ0n) is 6.72. The molecule has 0 fully saturated rings. The molecule has 0 aliphatic rings. The average molecular weight is 166 g/mol. The zero-order valence-corrected chi connectivity index (χ0v) is 6.72. The van der Waals surface area contributed by atoms with Crippen LogP contribution >= 0.6 is 0 Å². The largest absolute Gasteiger partial charge is 0.372 e. The van der Waals surface area contributed by atoms with Crippen LogP contribution in [0.2, 0.25) is 0 Å². The number of anilines is 2.